The molecule has 2 aliphatic rings. The van der Waals surface area contributed by atoms with Crippen molar-refractivity contribution >= 4 is 5.78 Å². The predicted molar refractivity (Wildman–Crippen MR) is 102 cm³/mol. The van der Waals surface area contributed by atoms with E-state index in [2.05, 4.69) is 0 Å². The van der Waals surface area contributed by atoms with Gasteiger partial charge in [0.25, 0.3) is 0 Å². The van der Waals surface area contributed by atoms with Crippen molar-refractivity contribution in [2.45, 2.75) is 79.7 Å². The van der Waals surface area contributed by atoms with Crippen LogP contribution in [-0.2, 0) is 23.7 Å². The summed E-state index contributed by atoms with van der Waals surface area (Å²) >= 11 is 0. The highest BCUT2D eigenvalue weighted by atomic mass is 16.7. The average Bonchev–Trinajstić information content (AvgIpc) is 2.84. The van der Waals surface area contributed by atoms with Crippen LogP contribution in [0.5, 0.6) is 0 Å². The molecule has 13 atom stereocenters. The van der Waals surface area contributed by atoms with Crippen molar-refractivity contribution in [3.8, 4) is 0 Å². The molecule has 0 aliphatic carbocycles. The van der Waals surface area contributed by atoms with Crippen LogP contribution in [-0.4, -0.2) is 168 Å². The molecule has 0 saturated carbocycles. The number of aliphatic hydroxyl groups is 11. The van der Waals surface area contributed by atoms with Gasteiger partial charge in [0, 0.05) is 0 Å². The highest BCUT2D eigenvalue weighted by Crippen LogP contribution is 2.25. The van der Waals surface area contributed by atoms with Gasteiger partial charge in [-0.25, -0.2) is 0 Å². The van der Waals surface area contributed by atoms with Crippen molar-refractivity contribution in [1.82, 2.24) is 0 Å². The summed E-state index contributed by atoms with van der Waals surface area (Å²) in [7, 11) is 0. The van der Waals surface area contributed by atoms with Gasteiger partial charge in [0.1, 0.15) is 73.8 Å². The lowest BCUT2D eigenvalue weighted by Crippen LogP contribution is -2.61. The summed E-state index contributed by atoms with van der Waals surface area (Å²) < 4.78 is 20.4. The molecule has 2 aliphatic heterocycles. The molecule has 16 heteroatoms. The van der Waals surface area contributed by atoms with E-state index in [4.69, 9.17) is 18.9 Å². The second kappa shape index (κ2) is 12.9. The molecule has 0 spiro atoms. The van der Waals surface area contributed by atoms with E-state index < -0.39 is 112 Å². The molecule has 0 bridgehead atoms. The van der Waals surface area contributed by atoms with Gasteiger partial charge in [0.2, 0.25) is 0 Å². The Morgan fingerprint density at radius 2 is 1.21 bits per heavy atom. The van der Waals surface area contributed by atoms with Gasteiger partial charge in [0.05, 0.1) is 19.8 Å². The van der Waals surface area contributed by atoms with Gasteiger partial charge in [-0.2, -0.15) is 0 Å². The van der Waals surface area contributed by atoms with Crippen LogP contribution in [0.25, 0.3) is 0 Å². The zero-order chi connectivity index (χ0) is 25.7. The topological polar surface area (TPSA) is 277 Å². The highest BCUT2D eigenvalue weighted by molar-refractivity contribution is 5.84. The van der Waals surface area contributed by atoms with E-state index in [9.17, 15) is 61.0 Å². The smallest absolute Gasteiger partial charge is 0.189 e. The fraction of sp³-hybridized carbons (Fsp3) is 0.944. The normalized spacial score (nSPS) is 41.6. The minimum Gasteiger partial charge on any atom is -0.394 e. The molecule has 0 amide bonds. The van der Waals surface area contributed by atoms with Crippen LogP contribution in [0.15, 0.2) is 0 Å². The maximum absolute atomic E-state index is 12.1. The Morgan fingerprint density at radius 1 is 0.735 bits per heavy atom. The summed E-state index contributed by atoms with van der Waals surface area (Å²) in [6, 6.07) is 0. The van der Waals surface area contributed by atoms with Gasteiger partial charge in [0.15, 0.2) is 18.4 Å². The first-order valence-electron chi connectivity index (χ1n) is 10.4. The van der Waals surface area contributed by atoms with Gasteiger partial charge in [-0.1, -0.05) is 0 Å². The third-order valence-corrected chi connectivity index (χ3v) is 5.59. The molecular weight excluding hydrogens is 472 g/mol. The Balaban J connectivity index is 2.05. The Hall–Kier alpha value is -0.930. The quantitative estimate of drug-likeness (QED) is 0.125. The lowest BCUT2D eigenvalue weighted by molar-refractivity contribution is -0.319. The number of carbonyl (C=O) groups excluding carboxylic acids is 1. The molecule has 16 nitrogen and oxygen atoms in total. The number of carbonyl (C=O) groups is 1. The van der Waals surface area contributed by atoms with Gasteiger partial charge < -0.3 is 75.1 Å². The van der Waals surface area contributed by atoms with Crippen LogP contribution in [0.2, 0.25) is 0 Å². The molecule has 0 radical (unpaired) electrons. The summed E-state index contributed by atoms with van der Waals surface area (Å²) in [5.41, 5.74) is 0. The minimum atomic E-state index is -2.14. The SMILES string of the molecule is O=C(CO)[C@@H](O[C@H]1O[C@H](CO)[C@@H](O)[C@H](O)[C@H]1O)[C@H](O)[C@H](O)CO[C@H]1O[C@H](CO)[C@@H](O)[C@H](O)[C@H]1O. The first kappa shape index (κ1) is 29.3. The predicted octanol–water partition coefficient (Wildman–Crippen LogP) is -7.73. The number of aliphatic hydroxyl groups excluding tert-OH is 11. The largest absolute Gasteiger partial charge is 0.394 e. The molecule has 34 heavy (non-hydrogen) atoms. The van der Waals surface area contributed by atoms with Gasteiger partial charge in [-0.05, 0) is 0 Å². The molecule has 2 rings (SSSR count). The molecule has 2 heterocycles. The monoisotopic (exact) mass is 504 g/mol. The Morgan fingerprint density at radius 3 is 1.68 bits per heavy atom. The van der Waals surface area contributed by atoms with E-state index in [1.165, 1.54) is 0 Å². The fourth-order valence-corrected chi connectivity index (χ4v) is 3.46. The van der Waals surface area contributed by atoms with Crippen molar-refractivity contribution in [2.75, 3.05) is 26.4 Å². The third-order valence-electron chi connectivity index (χ3n) is 5.59. The van der Waals surface area contributed by atoms with E-state index in [0.717, 1.165) is 0 Å². The summed E-state index contributed by atoms with van der Waals surface area (Å²) in [6.45, 7) is -3.58. The second-order valence-corrected chi connectivity index (χ2v) is 7.97. The van der Waals surface area contributed by atoms with Crippen LogP contribution in [0.4, 0.5) is 0 Å². The van der Waals surface area contributed by atoms with Crippen molar-refractivity contribution in [3.63, 3.8) is 0 Å². The third kappa shape index (κ3) is 6.44. The van der Waals surface area contributed by atoms with Crippen molar-refractivity contribution in [1.29, 1.82) is 0 Å². The highest BCUT2D eigenvalue weighted by Gasteiger charge is 2.48. The Kier molecular flexibility index (Phi) is 11.1. The van der Waals surface area contributed by atoms with Gasteiger partial charge >= 0.3 is 0 Å². The first-order chi connectivity index (χ1) is 16.0. The second-order valence-electron chi connectivity index (χ2n) is 7.97. The number of ketones is 1. The Bertz CT molecular complexity index is 633. The number of hydrogen-bond donors (Lipinski definition) is 11. The molecular formula is C18H32O16. The van der Waals surface area contributed by atoms with E-state index in [1.807, 2.05) is 0 Å². The maximum Gasteiger partial charge on any atom is 0.189 e. The molecule has 0 aromatic carbocycles. The number of Topliss-reactive ketones (excluding diaryl/α,β-unsaturated/α-hetero) is 1. The van der Waals surface area contributed by atoms with Crippen molar-refractivity contribution in [3.05, 3.63) is 0 Å². The fourth-order valence-electron chi connectivity index (χ4n) is 3.46. The lowest BCUT2D eigenvalue weighted by atomic mass is 9.98. The lowest BCUT2D eigenvalue weighted by Gasteiger charge is -2.41. The first-order valence-corrected chi connectivity index (χ1v) is 10.4. The van der Waals surface area contributed by atoms with E-state index >= 15 is 0 Å². The number of ether oxygens (including phenoxy) is 4. The zero-order valence-electron chi connectivity index (χ0n) is 17.8. The van der Waals surface area contributed by atoms with E-state index in [-0.39, 0.29) is 0 Å². The Labute approximate surface area is 192 Å². The molecule has 0 unspecified atom stereocenters. The maximum atomic E-state index is 12.1. The standard InChI is InChI=1S/C18H32O16/c19-1-5(22)16(34-18-15(30)13(28)11(26)8(3-21)33-18)9(24)6(23)4-31-17-14(29)12(27)10(25)7(2-20)32-17/h6-21,23-30H,1-4H2/t6-,7-,8-,9-,10-,11-,12+,13+,14-,15-,16-,17+,18-/m1/s1. The van der Waals surface area contributed by atoms with Crippen molar-refractivity contribution in [2.24, 2.45) is 0 Å². The summed E-state index contributed by atoms with van der Waals surface area (Å²) in [6.07, 6.45) is -23.1. The van der Waals surface area contributed by atoms with Crippen LogP contribution >= 0.6 is 0 Å². The number of hydrogen-bond acceptors (Lipinski definition) is 16. The molecule has 2 saturated heterocycles. The van der Waals surface area contributed by atoms with Crippen molar-refractivity contribution < 1.29 is 79.9 Å². The van der Waals surface area contributed by atoms with Crippen LogP contribution in [0.1, 0.15) is 0 Å². The van der Waals surface area contributed by atoms with E-state index in [1.54, 1.807) is 0 Å². The minimum absolute atomic E-state index is 0.740. The average molecular weight is 504 g/mol. The molecule has 11 N–H and O–H groups in total. The van der Waals surface area contributed by atoms with Crippen LogP contribution in [0, 0.1) is 0 Å². The zero-order valence-corrected chi connectivity index (χ0v) is 17.8. The number of rotatable bonds is 11. The molecule has 2 fully saturated rings. The van der Waals surface area contributed by atoms with Gasteiger partial charge in [-0.15, -0.1) is 0 Å². The van der Waals surface area contributed by atoms with Gasteiger partial charge in [-0.3, -0.25) is 4.79 Å². The summed E-state index contributed by atoms with van der Waals surface area (Å²) in [4.78, 5) is 12.1. The molecule has 200 valence electrons. The summed E-state index contributed by atoms with van der Waals surface area (Å²) in [5, 5.41) is 107. The van der Waals surface area contributed by atoms with Crippen LogP contribution < -0.4 is 0 Å². The van der Waals surface area contributed by atoms with Crippen LogP contribution in [0.3, 0.4) is 0 Å². The molecule has 0 aromatic heterocycles. The summed E-state index contributed by atoms with van der Waals surface area (Å²) in [5.74, 6) is -1.18. The van der Waals surface area contributed by atoms with E-state index in [0.29, 0.717) is 0 Å². The molecule has 0 aromatic rings.